The third-order valence-corrected chi connectivity index (χ3v) is 5.06. The molecule has 0 aromatic heterocycles. The maximum atomic E-state index is 13.5. The number of amides is 3. The Balaban J connectivity index is 2.04. The molecule has 0 atom stereocenters. The topological polar surface area (TPSA) is 79.0 Å². The van der Waals surface area contributed by atoms with Crippen LogP contribution in [0.2, 0.25) is 0 Å². The lowest BCUT2D eigenvalue weighted by Gasteiger charge is -2.25. The highest BCUT2D eigenvalue weighted by Crippen LogP contribution is 2.34. The van der Waals surface area contributed by atoms with Crippen molar-refractivity contribution >= 4 is 34.7 Å². The molecule has 3 rings (SSSR count). The average Bonchev–Trinajstić information content (AvgIpc) is 3.00. The number of rotatable bonds is 9. The first-order chi connectivity index (χ1) is 15.3. The van der Waals surface area contributed by atoms with Gasteiger partial charge in [-0.25, -0.2) is 0 Å². The van der Waals surface area contributed by atoms with Gasteiger partial charge in [0.25, 0.3) is 11.8 Å². The van der Waals surface area contributed by atoms with Gasteiger partial charge < -0.3 is 15.0 Å². The number of carbonyl (C=O) groups excluding carboxylic acids is 3. The van der Waals surface area contributed by atoms with Crippen LogP contribution in [0.1, 0.15) is 33.3 Å². The van der Waals surface area contributed by atoms with Gasteiger partial charge in [-0.3, -0.25) is 19.3 Å². The van der Waals surface area contributed by atoms with Crippen LogP contribution < -0.4 is 10.2 Å². The maximum Gasteiger partial charge on any atom is 0.278 e. The second-order valence-corrected chi connectivity index (χ2v) is 7.74. The van der Waals surface area contributed by atoms with Gasteiger partial charge in [0.15, 0.2) is 0 Å². The minimum absolute atomic E-state index is 0.00693. The van der Waals surface area contributed by atoms with Crippen LogP contribution in [0.5, 0.6) is 0 Å². The Morgan fingerprint density at radius 3 is 2.25 bits per heavy atom. The number of likely N-dealkylation sites (N-methyl/N-ethyl adjacent to an activating group) is 1. The van der Waals surface area contributed by atoms with Gasteiger partial charge in [0.05, 0.1) is 24.8 Å². The van der Waals surface area contributed by atoms with Crippen LogP contribution in [-0.4, -0.2) is 48.4 Å². The molecule has 1 heterocycles. The van der Waals surface area contributed by atoms with Crippen LogP contribution in [0.25, 0.3) is 5.57 Å². The maximum absolute atomic E-state index is 13.5. The minimum atomic E-state index is -0.348. The highest BCUT2D eigenvalue weighted by molar-refractivity contribution is 6.36. The summed E-state index contributed by atoms with van der Waals surface area (Å²) in [4.78, 5) is 41.3. The van der Waals surface area contributed by atoms with Crippen LogP contribution in [0, 0.1) is 0 Å². The predicted molar refractivity (Wildman–Crippen MR) is 125 cm³/mol. The van der Waals surface area contributed by atoms with Gasteiger partial charge in [0.1, 0.15) is 5.70 Å². The van der Waals surface area contributed by atoms with Gasteiger partial charge in [-0.1, -0.05) is 30.3 Å². The van der Waals surface area contributed by atoms with Crippen LogP contribution in [0.15, 0.2) is 60.3 Å². The highest BCUT2D eigenvalue weighted by Gasteiger charge is 2.41. The molecule has 0 radical (unpaired) electrons. The average molecular weight is 436 g/mol. The summed E-state index contributed by atoms with van der Waals surface area (Å²) in [6.45, 7) is 8.17. The quantitative estimate of drug-likeness (QED) is 0.608. The lowest BCUT2D eigenvalue weighted by molar-refractivity contribution is -0.138. The second kappa shape index (κ2) is 10.2. The lowest BCUT2D eigenvalue weighted by Crippen LogP contribution is -2.37. The molecule has 0 spiro atoms. The number of imide groups is 1. The number of nitrogens with one attached hydrogen (secondary N) is 1. The molecule has 0 unspecified atom stereocenters. The summed E-state index contributed by atoms with van der Waals surface area (Å²) in [5.41, 5.74) is 2.77. The van der Waals surface area contributed by atoms with Crippen molar-refractivity contribution < 1.29 is 19.1 Å². The first-order valence-corrected chi connectivity index (χ1v) is 10.8. The normalized spacial score (nSPS) is 13.8. The molecule has 7 heteroatoms. The third-order valence-electron chi connectivity index (χ3n) is 5.06. The Morgan fingerprint density at radius 2 is 1.69 bits per heavy atom. The van der Waals surface area contributed by atoms with Crippen LogP contribution in [0.4, 0.5) is 11.4 Å². The van der Waals surface area contributed by atoms with Crippen molar-refractivity contribution in [1.82, 2.24) is 4.90 Å². The highest BCUT2D eigenvalue weighted by atomic mass is 16.5. The van der Waals surface area contributed by atoms with Crippen LogP contribution in [-0.2, 0) is 19.1 Å². The Labute approximate surface area is 188 Å². The standard InChI is InChI=1S/C25H29N3O4/c1-5-27(21-9-7-6-8-10-21)23-22(19-11-13-20(14-12-19)26-18(4)29)24(30)28(25(23)31)15-16-32-17(2)3/h6-14,17H,5,15-16H2,1-4H3,(H,26,29). The van der Waals surface area contributed by atoms with E-state index in [0.717, 1.165) is 5.69 Å². The summed E-state index contributed by atoms with van der Waals surface area (Å²) in [5.74, 6) is -0.865. The first-order valence-electron chi connectivity index (χ1n) is 10.8. The molecule has 7 nitrogen and oxygen atoms in total. The van der Waals surface area contributed by atoms with E-state index in [1.165, 1.54) is 11.8 Å². The van der Waals surface area contributed by atoms with E-state index in [4.69, 9.17) is 4.74 Å². The molecule has 0 aliphatic carbocycles. The molecular weight excluding hydrogens is 406 g/mol. The molecule has 2 aromatic rings. The van der Waals surface area contributed by atoms with Crippen molar-refractivity contribution in [2.45, 2.75) is 33.8 Å². The van der Waals surface area contributed by atoms with Crippen molar-refractivity contribution in [1.29, 1.82) is 0 Å². The number of nitrogens with zero attached hydrogens (tertiary/aromatic N) is 2. The SMILES string of the molecule is CCN(C1=C(c2ccc(NC(C)=O)cc2)C(=O)N(CCOC(C)C)C1=O)c1ccccc1. The molecule has 0 saturated carbocycles. The summed E-state index contributed by atoms with van der Waals surface area (Å²) >= 11 is 0. The lowest BCUT2D eigenvalue weighted by atomic mass is 10.0. The van der Waals surface area contributed by atoms with E-state index in [-0.39, 0.29) is 37.0 Å². The van der Waals surface area contributed by atoms with Crippen molar-refractivity contribution in [2.75, 3.05) is 29.9 Å². The summed E-state index contributed by atoms with van der Waals surface area (Å²) in [5, 5.41) is 2.72. The predicted octanol–water partition coefficient (Wildman–Crippen LogP) is 3.68. The molecule has 0 saturated heterocycles. The summed E-state index contributed by atoms with van der Waals surface area (Å²) in [6, 6.07) is 16.5. The molecule has 1 aliphatic heterocycles. The molecule has 0 fully saturated rings. The van der Waals surface area contributed by atoms with E-state index in [0.29, 0.717) is 29.1 Å². The fraction of sp³-hybridized carbons (Fsp3) is 0.320. The Kier molecular flexibility index (Phi) is 7.43. The molecule has 2 aromatic carbocycles. The molecule has 32 heavy (non-hydrogen) atoms. The van der Waals surface area contributed by atoms with E-state index in [2.05, 4.69) is 5.32 Å². The smallest absolute Gasteiger partial charge is 0.278 e. The summed E-state index contributed by atoms with van der Waals surface area (Å²) in [6.07, 6.45) is 0.00693. The van der Waals surface area contributed by atoms with E-state index in [1.54, 1.807) is 24.3 Å². The van der Waals surface area contributed by atoms with Crippen molar-refractivity contribution in [3.05, 3.63) is 65.9 Å². The van der Waals surface area contributed by atoms with Gasteiger partial charge in [0, 0.05) is 24.8 Å². The van der Waals surface area contributed by atoms with Crippen LogP contribution in [0.3, 0.4) is 0 Å². The minimum Gasteiger partial charge on any atom is -0.377 e. The molecule has 1 aliphatic rings. The van der Waals surface area contributed by atoms with Crippen molar-refractivity contribution in [3.8, 4) is 0 Å². The number of carbonyl (C=O) groups is 3. The Bertz CT molecular complexity index is 1010. The molecule has 168 valence electrons. The van der Waals surface area contributed by atoms with E-state index in [9.17, 15) is 14.4 Å². The number of hydrogen-bond acceptors (Lipinski definition) is 5. The summed E-state index contributed by atoms with van der Waals surface area (Å²) in [7, 11) is 0. The monoisotopic (exact) mass is 435 g/mol. The fourth-order valence-corrected chi connectivity index (χ4v) is 3.66. The van der Waals surface area contributed by atoms with Gasteiger partial charge in [-0.15, -0.1) is 0 Å². The van der Waals surface area contributed by atoms with Gasteiger partial charge >= 0.3 is 0 Å². The molecule has 1 N–H and O–H groups in total. The zero-order valence-corrected chi connectivity index (χ0v) is 18.9. The van der Waals surface area contributed by atoms with Crippen molar-refractivity contribution in [3.63, 3.8) is 0 Å². The Hall–Kier alpha value is -3.45. The van der Waals surface area contributed by atoms with Crippen molar-refractivity contribution in [2.24, 2.45) is 0 Å². The third kappa shape index (κ3) is 5.06. The van der Waals surface area contributed by atoms with Gasteiger partial charge in [-0.2, -0.15) is 0 Å². The first kappa shape index (κ1) is 23.2. The van der Waals surface area contributed by atoms with E-state index < -0.39 is 0 Å². The van der Waals surface area contributed by atoms with Crippen LogP contribution >= 0.6 is 0 Å². The molecular formula is C25H29N3O4. The largest absolute Gasteiger partial charge is 0.377 e. The number of anilines is 2. The van der Waals surface area contributed by atoms with Gasteiger partial charge in [0.2, 0.25) is 5.91 Å². The number of para-hydroxylation sites is 1. The number of hydrogen-bond donors (Lipinski definition) is 1. The summed E-state index contributed by atoms with van der Waals surface area (Å²) < 4.78 is 5.58. The zero-order valence-electron chi connectivity index (χ0n) is 18.9. The zero-order chi connectivity index (χ0) is 23.3. The number of ether oxygens (including phenoxy) is 1. The van der Waals surface area contributed by atoms with E-state index in [1.807, 2.05) is 56.0 Å². The van der Waals surface area contributed by atoms with Gasteiger partial charge in [-0.05, 0) is 50.6 Å². The second-order valence-electron chi connectivity index (χ2n) is 7.74. The molecule has 0 bridgehead atoms. The number of benzene rings is 2. The van der Waals surface area contributed by atoms with E-state index >= 15 is 0 Å². The molecule has 3 amide bonds. The fourth-order valence-electron chi connectivity index (χ4n) is 3.66. The Morgan fingerprint density at radius 1 is 1.03 bits per heavy atom.